The number of amides is 1. The summed E-state index contributed by atoms with van der Waals surface area (Å²) < 4.78 is 1.94. The maximum atomic E-state index is 13.5. The molecule has 4 fully saturated rings. The van der Waals surface area contributed by atoms with Crippen LogP contribution in [0.3, 0.4) is 0 Å². The standard InChI is InChI=1S/C31H35N7O/c1-37-20-33-36-28(37)16-31(14-22(15-31)17-32)24-3-2-4-25(13-24)34-29(39)27-12-21(11-26(35-27)23-5-6-23)18-38-10-9-30(19-38)7-8-30/h2-4,11-13,20,22-23H,5-10,14-16,18-19H2,1H3,(H,34,39). The summed E-state index contributed by atoms with van der Waals surface area (Å²) in [4.78, 5) is 20.9. The number of likely N-dealkylation sites (tertiary alicyclic amines) is 1. The fraction of sp³-hybridized carbons (Fsp3) is 0.516. The zero-order valence-corrected chi connectivity index (χ0v) is 22.6. The summed E-state index contributed by atoms with van der Waals surface area (Å²) in [7, 11) is 1.95. The molecule has 1 aliphatic heterocycles. The molecule has 3 aliphatic carbocycles. The van der Waals surface area contributed by atoms with E-state index < -0.39 is 0 Å². The van der Waals surface area contributed by atoms with Crippen LogP contribution in [0.15, 0.2) is 42.7 Å². The van der Waals surface area contributed by atoms with Gasteiger partial charge in [0.1, 0.15) is 17.8 Å². The Labute approximate surface area is 229 Å². The monoisotopic (exact) mass is 521 g/mol. The summed E-state index contributed by atoms with van der Waals surface area (Å²) in [6, 6.07) is 14.7. The van der Waals surface area contributed by atoms with Crippen LogP contribution in [0.4, 0.5) is 5.69 Å². The highest BCUT2D eigenvalue weighted by Gasteiger charge is 2.48. The van der Waals surface area contributed by atoms with E-state index in [0.29, 0.717) is 23.4 Å². The molecule has 3 aromatic rings. The lowest BCUT2D eigenvalue weighted by Crippen LogP contribution is -2.43. The van der Waals surface area contributed by atoms with Crippen LogP contribution in [-0.4, -0.2) is 43.6 Å². The molecule has 1 saturated heterocycles. The van der Waals surface area contributed by atoms with Crippen molar-refractivity contribution in [2.75, 3.05) is 18.4 Å². The first-order valence-corrected chi connectivity index (χ1v) is 14.3. The number of carbonyl (C=O) groups excluding carboxylic acids is 1. The molecule has 4 aliphatic rings. The number of pyridine rings is 1. The van der Waals surface area contributed by atoms with Gasteiger partial charge in [-0.15, -0.1) is 10.2 Å². The van der Waals surface area contributed by atoms with Gasteiger partial charge in [-0.1, -0.05) is 12.1 Å². The number of hydrogen-bond donors (Lipinski definition) is 1. The molecule has 1 N–H and O–H groups in total. The Balaban J connectivity index is 1.11. The number of benzene rings is 1. The molecule has 39 heavy (non-hydrogen) atoms. The molecule has 1 aromatic carbocycles. The Hall–Kier alpha value is -3.57. The molecule has 0 bridgehead atoms. The van der Waals surface area contributed by atoms with Gasteiger partial charge in [-0.05, 0) is 92.3 Å². The Bertz CT molecular complexity index is 1460. The lowest BCUT2D eigenvalue weighted by atomic mass is 9.57. The number of aryl methyl sites for hydroxylation is 1. The van der Waals surface area contributed by atoms with Gasteiger partial charge in [0.25, 0.3) is 5.91 Å². The maximum Gasteiger partial charge on any atom is 0.274 e. The van der Waals surface area contributed by atoms with Gasteiger partial charge in [0.05, 0.1) is 6.07 Å². The molecule has 8 nitrogen and oxygen atoms in total. The molecule has 1 spiro atoms. The van der Waals surface area contributed by atoms with Crippen LogP contribution in [0.2, 0.25) is 0 Å². The Morgan fingerprint density at radius 3 is 2.72 bits per heavy atom. The number of aromatic nitrogens is 4. The number of rotatable bonds is 8. The Kier molecular flexibility index (Phi) is 5.82. The predicted octanol–water partition coefficient (Wildman–Crippen LogP) is 4.74. The molecule has 200 valence electrons. The second kappa shape index (κ2) is 9.27. The number of nitriles is 1. The number of nitrogens with zero attached hydrogens (tertiary/aromatic N) is 6. The largest absolute Gasteiger partial charge is 0.321 e. The number of anilines is 1. The van der Waals surface area contributed by atoms with Gasteiger partial charge in [-0.2, -0.15) is 5.26 Å². The molecule has 2 aromatic heterocycles. The van der Waals surface area contributed by atoms with Crippen molar-refractivity contribution >= 4 is 11.6 Å². The number of nitrogens with one attached hydrogen (secondary N) is 1. The van der Waals surface area contributed by atoms with Gasteiger partial charge in [-0.3, -0.25) is 9.69 Å². The summed E-state index contributed by atoms with van der Waals surface area (Å²) in [6.07, 6.45) is 10.3. The molecule has 3 saturated carbocycles. The van der Waals surface area contributed by atoms with Gasteiger partial charge in [0.2, 0.25) is 0 Å². The van der Waals surface area contributed by atoms with E-state index in [2.05, 4.69) is 44.7 Å². The van der Waals surface area contributed by atoms with Crippen molar-refractivity contribution in [3.05, 3.63) is 71.1 Å². The topological polar surface area (TPSA) is 99.7 Å². The van der Waals surface area contributed by atoms with E-state index in [4.69, 9.17) is 4.98 Å². The van der Waals surface area contributed by atoms with E-state index in [-0.39, 0.29) is 17.2 Å². The van der Waals surface area contributed by atoms with Gasteiger partial charge < -0.3 is 9.88 Å². The minimum absolute atomic E-state index is 0.0367. The molecular formula is C31H35N7O. The number of carbonyl (C=O) groups is 1. The van der Waals surface area contributed by atoms with Gasteiger partial charge in [0, 0.05) is 55.2 Å². The van der Waals surface area contributed by atoms with Gasteiger partial charge in [0.15, 0.2) is 0 Å². The second-order valence-electron chi connectivity index (χ2n) is 12.6. The summed E-state index contributed by atoms with van der Waals surface area (Å²) in [5, 5.41) is 21.0. The van der Waals surface area contributed by atoms with Crippen molar-refractivity contribution in [1.82, 2.24) is 24.6 Å². The Morgan fingerprint density at radius 2 is 2.03 bits per heavy atom. The van der Waals surface area contributed by atoms with Gasteiger partial charge in [-0.25, -0.2) is 4.98 Å². The Morgan fingerprint density at radius 1 is 1.18 bits per heavy atom. The first kappa shape index (κ1) is 24.5. The van der Waals surface area contributed by atoms with Crippen LogP contribution < -0.4 is 5.32 Å². The van der Waals surface area contributed by atoms with Crippen molar-refractivity contribution in [3.63, 3.8) is 0 Å². The van der Waals surface area contributed by atoms with Crippen molar-refractivity contribution in [3.8, 4) is 6.07 Å². The van der Waals surface area contributed by atoms with Crippen LogP contribution in [0, 0.1) is 22.7 Å². The molecule has 7 rings (SSSR count). The van der Waals surface area contributed by atoms with E-state index in [1.54, 1.807) is 6.33 Å². The normalized spacial score (nSPS) is 25.3. The highest BCUT2D eigenvalue weighted by atomic mass is 16.1. The third kappa shape index (κ3) is 4.85. The molecule has 0 atom stereocenters. The summed E-state index contributed by atoms with van der Waals surface area (Å²) in [6.45, 7) is 3.23. The molecule has 3 heterocycles. The molecule has 0 unspecified atom stereocenters. The fourth-order valence-electron chi connectivity index (χ4n) is 6.76. The summed E-state index contributed by atoms with van der Waals surface area (Å²) in [5.41, 5.74) is 5.05. The zero-order chi connectivity index (χ0) is 26.6. The quantitative estimate of drug-likeness (QED) is 0.460. The smallest absolute Gasteiger partial charge is 0.274 e. The molecular weight excluding hydrogens is 486 g/mol. The third-order valence-corrected chi connectivity index (χ3v) is 9.51. The average molecular weight is 522 g/mol. The van der Waals surface area contributed by atoms with Crippen LogP contribution in [0.5, 0.6) is 0 Å². The van der Waals surface area contributed by atoms with Gasteiger partial charge >= 0.3 is 0 Å². The molecule has 0 radical (unpaired) electrons. The van der Waals surface area contributed by atoms with E-state index in [1.165, 1.54) is 31.4 Å². The molecule has 1 amide bonds. The summed E-state index contributed by atoms with van der Waals surface area (Å²) >= 11 is 0. The number of hydrogen-bond acceptors (Lipinski definition) is 6. The van der Waals surface area contributed by atoms with Crippen molar-refractivity contribution in [2.24, 2.45) is 18.4 Å². The van der Waals surface area contributed by atoms with Crippen molar-refractivity contribution < 1.29 is 4.79 Å². The van der Waals surface area contributed by atoms with Crippen LogP contribution >= 0.6 is 0 Å². The van der Waals surface area contributed by atoms with Crippen LogP contribution in [-0.2, 0) is 25.4 Å². The SMILES string of the molecule is Cn1cnnc1CC1(c2cccc(NC(=O)c3cc(CN4CCC5(CC5)C4)cc(C4CC4)n3)c2)CC(C#N)C1. The minimum atomic E-state index is -0.187. The first-order valence-electron chi connectivity index (χ1n) is 14.3. The maximum absolute atomic E-state index is 13.5. The average Bonchev–Trinajstić information content (AvgIpc) is 3.82. The van der Waals surface area contributed by atoms with E-state index in [1.807, 2.05) is 29.8 Å². The van der Waals surface area contributed by atoms with Crippen LogP contribution in [0.1, 0.15) is 84.0 Å². The second-order valence-corrected chi connectivity index (χ2v) is 12.6. The highest BCUT2D eigenvalue weighted by molar-refractivity contribution is 6.03. The molecule has 8 heteroatoms. The van der Waals surface area contributed by atoms with E-state index in [9.17, 15) is 10.1 Å². The third-order valence-electron chi connectivity index (χ3n) is 9.51. The fourth-order valence-corrected chi connectivity index (χ4v) is 6.76. The predicted molar refractivity (Wildman–Crippen MR) is 147 cm³/mol. The minimum Gasteiger partial charge on any atom is -0.321 e. The van der Waals surface area contributed by atoms with E-state index in [0.717, 1.165) is 61.5 Å². The van der Waals surface area contributed by atoms with E-state index >= 15 is 0 Å². The van der Waals surface area contributed by atoms with Crippen molar-refractivity contribution in [1.29, 1.82) is 5.26 Å². The first-order chi connectivity index (χ1) is 18.9. The summed E-state index contributed by atoms with van der Waals surface area (Å²) in [5.74, 6) is 1.26. The van der Waals surface area contributed by atoms with Crippen molar-refractivity contribution in [2.45, 2.75) is 69.2 Å². The zero-order valence-electron chi connectivity index (χ0n) is 22.6. The highest BCUT2D eigenvalue weighted by Crippen LogP contribution is 2.53. The lowest BCUT2D eigenvalue weighted by Gasteiger charge is -2.45. The lowest BCUT2D eigenvalue weighted by molar-refractivity contribution is 0.102. The van der Waals surface area contributed by atoms with Crippen LogP contribution in [0.25, 0.3) is 0 Å².